The van der Waals surface area contributed by atoms with Gasteiger partial charge in [0, 0.05) is 11.1 Å². The summed E-state index contributed by atoms with van der Waals surface area (Å²) in [6.07, 6.45) is 0. The number of hydrogen-bond donors (Lipinski definition) is 0. The monoisotopic (exact) mass is 285 g/mol. The first-order valence-corrected chi connectivity index (χ1v) is 6.78. The van der Waals surface area contributed by atoms with Crippen molar-refractivity contribution >= 4 is 11.6 Å². The van der Waals surface area contributed by atoms with Gasteiger partial charge < -0.3 is 4.74 Å². The summed E-state index contributed by atoms with van der Waals surface area (Å²) in [5, 5.41) is 9.65. The number of ether oxygens (including phenoxy) is 1. The van der Waals surface area contributed by atoms with Crippen molar-refractivity contribution in [1.82, 2.24) is 0 Å². The molecule has 0 saturated heterocycles. The highest BCUT2D eigenvalue weighted by molar-refractivity contribution is 6.30. The van der Waals surface area contributed by atoms with Crippen molar-refractivity contribution in [1.29, 1.82) is 5.26 Å². The summed E-state index contributed by atoms with van der Waals surface area (Å²) in [4.78, 5) is 0. The third-order valence-electron chi connectivity index (χ3n) is 3.28. The fraction of sp³-hybridized carbons (Fsp3) is 0.235. The molecule has 0 N–H and O–H groups in total. The van der Waals surface area contributed by atoms with E-state index in [1.165, 1.54) is 16.7 Å². The minimum absolute atomic E-state index is 0.437. The predicted octanol–water partition coefficient (Wildman–Crippen LogP) is 4.72. The molecule has 102 valence electrons. The van der Waals surface area contributed by atoms with Gasteiger partial charge in [-0.3, -0.25) is 0 Å². The first kappa shape index (κ1) is 14.4. The topological polar surface area (TPSA) is 33.0 Å². The third-order valence-corrected chi connectivity index (χ3v) is 3.51. The molecule has 0 heterocycles. The van der Waals surface area contributed by atoms with E-state index in [0.717, 1.165) is 5.56 Å². The molecule has 0 bridgehead atoms. The van der Waals surface area contributed by atoms with Crippen molar-refractivity contribution in [3.05, 3.63) is 63.2 Å². The summed E-state index contributed by atoms with van der Waals surface area (Å²) in [5.74, 6) is 0.527. The Hall–Kier alpha value is -1.98. The normalized spacial score (nSPS) is 10.2. The molecule has 3 heteroatoms. The summed E-state index contributed by atoms with van der Waals surface area (Å²) in [7, 11) is 0. The van der Waals surface area contributed by atoms with Gasteiger partial charge in [-0.1, -0.05) is 29.3 Å². The van der Waals surface area contributed by atoms with E-state index in [1.54, 1.807) is 18.2 Å². The largest absolute Gasteiger partial charge is 0.487 e. The van der Waals surface area contributed by atoms with E-state index in [9.17, 15) is 0 Å². The smallest absolute Gasteiger partial charge is 0.139 e. The second-order valence-electron chi connectivity index (χ2n) is 4.92. The molecule has 0 saturated carbocycles. The second-order valence-corrected chi connectivity index (χ2v) is 5.35. The van der Waals surface area contributed by atoms with Gasteiger partial charge in [-0.2, -0.15) is 5.26 Å². The molecular formula is C17H16ClNO. The van der Waals surface area contributed by atoms with Gasteiger partial charge in [-0.15, -0.1) is 0 Å². The second kappa shape index (κ2) is 5.98. The van der Waals surface area contributed by atoms with E-state index in [2.05, 4.69) is 39.0 Å². The van der Waals surface area contributed by atoms with E-state index in [-0.39, 0.29) is 0 Å². The average molecular weight is 286 g/mol. The maximum atomic E-state index is 9.08. The quantitative estimate of drug-likeness (QED) is 0.818. The van der Waals surface area contributed by atoms with Gasteiger partial charge in [0.25, 0.3) is 0 Å². The molecule has 0 aliphatic heterocycles. The van der Waals surface area contributed by atoms with E-state index >= 15 is 0 Å². The zero-order valence-electron chi connectivity index (χ0n) is 11.8. The number of aryl methyl sites for hydroxylation is 3. The number of nitrogens with zero attached hydrogens (tertiary/aromatic N) is 1. The van der Waals surface area contributed by atoms with Crippen molar-refractivity contribution < 1.29 is 4.74 Å². The number of nitriles is 1. The van der Waals surface area contributed by atoms with Crippen LogP contribution in [0.1, 0.15) is 27.8 Å². The van der Waals surface area contributed by atoms with Gasteiger partial charge in [-0.05, 0) is 49.6 Å². The Morgan fingerprint density at radius 1 is 1.10 bits per heavy atom. The Bertz CT molecular complexity index is 663. The van der Waals surface area contributed by atoms with E-state index in [0.29, 0.717) is 22.9 Å². The van der Waals surface area contributed by atoms with Crippen LogP contribution in [-0.2, 0) is 6.61 Å². The Labute approximate surface area is 124 Å². The van der Waals surface area contributed by atoms with Crippen molar-refractivity contribution in [2.75, 3.05) is 0 Å². The average Bonchev–Trinajstić information content (AvgIpc) is 2.37. The van der Waals surface area contributed by atoms with Crippen molar-refractivity contribution in [3.8, 4) is 11.8 Å². The van der Waals surface area contributed by atoms with Crippen LogP contribution >= 0.6 is 11.6 Å². The Kier molecular flexibility index (Phi) is 4.32. The lowest BCUT2D eigenvalue weighted by Gasteiger charge is -2.13. The summed E-state index contributed by atoms with van der Waals surface area (Å²) < 4.78 is 5.79. The predicted molar refractivity (Wildman–Crippen MR) is 81.2 cm³/mol. The van der Waals surface area contributed by atoms with Crippen LogP contribution in [0.3, 0.4) is 0 Å². The zero-order valence-corrected chi connectivity index (χ0v) is 12.6. The molecular weight excluding hydrogens is 270 g/mol. The van der Waals surface area contributed by atoms with Crippen LogP contribution in [0.4, 0.5) is 0 Å². The molecule has 0 spiro atoms. The fourth-order valence-electron chi connectivity index (χ4n) is 2.30. The van der Waals surface area contributed by atoms with Crippen molar-refractivity contribution in [3.63, 3.8) is 0 Å². The van der Waals surface area contributed by atoms with Crippen LogP contribution < -0.4 is 4.74 Å². The summed E-state index contributed by atoms with van der Waals surface area (Å²) >= 11 is 5.95. The van der Waals surface area contributed by atoms with E-state index < -0.39 is 0 Å². The van der Waals surface area contributed by atoms with Crippen LogP contribution in [-0.4, -0.2) is 0 Å². The third kappa shape index (κ3) is 3.12. The SMILES string of the molecule is Cc1cc(C)c(COc2cc(Cl)ccc2C#N)c(C)c1. The van der Waals surface area contributed by atoms with Gasteiger partial charge >= 0.3 is 0 Å². The minimum Gasteiger partial charge on any atom is -0.487 e. The standard InChI is InChI=1S/C17H16ClNO/c1-11-6-12(2)16(13(3)7-11)10-20-17-8-15(18)5-4-14(17)9-19/h4-8H,10H2,1-3H3. The number of hydrogen-bond acceptors (Lipinski definition) is 2. The molecule has 20 heavy (non-hydrogen) atoms. The Morgan fingerprint density at radius 2 is 1.75 bits per heavy atom. The van der Waals surface area contributed by atoms with E-state index in [4.69, 9.17) is 21.6 Å². The first-order chi connectivity index (χ1) is 9.51. The minimum atomic E-state index is 0.437. The molecule has 0 aliphatic carbocycles. The molecule has 0 unspecified atom stereocenters. The Balaban J connectivity index is 2.26. The fourth-order valence-corrected chi connectivity index (χ4v) is 2.46. The van der Waals surface area contributed by atoms with Crippen molar-refractivity contribution in [2.24, 2.45) is 0 Å². The highest BCUT2D eigenvalue weighted by Gasteiger charge is 2.08. The molecule has 0 fully saturated rings. The molecule has 0 radical (unpaired) electrons. The van der Waals surface area contributed by atoms with Crippen molar-refractivity contribution in [2.45, 2.75) is 27.4 Å². The van der Waals surface area contributed by atoms with Gasteiger partial charge in [0.05, 0.1) is 5.56 Å². The lowest BCUT2D eigenvalue weighted by Crippen LogP contribution is -2.02. The number of rotatable bonds is 3. The lowest BCUT2D eigenvalue weighted by atomic mass is 10.0. The van der Waals surface area contributed by atoms with Gasteiger partial charge in [0.15, 0.2) is 0 Å². The van der Waals surface area contributed by atoms with Crippen LogP contribution in [0.2, 0.25) is 5.02 Å². The lowest BCUT2D eigenvalue weighted by molar-refractivity contribution is 0.303. The Morgan fingerprint density at radius 3 is 2.35 bits per heavy atom. The van der Waals surface area contributed by atoms with Gasteiger partial charge in [0.1, 0.15) is 18.4 Å². The van der Waals surface area contributed by atoms with Gasteiger partial charge in [0.2, 0.25) is 0 Å². The molecule has 2 aromatic carbocycles. The molecule has 2 nitrogen and oxygen atoms in total. The molecule has 0 atom stereocenters. The number of benzene rings is 2. The maximum Gasteiger partial charge on any atom is 0.139 e. The number of halogens is 1. The van der Waals surface area contributed by atoms with Crippen LogP contribution in [0, 0.1) is 32.1 Å². The molecule has 0 amide bonds. The molecule has 0 aromatic heterocycles. The molecule has 2 rings (SSSR count). The maximum absolute atomic E-state index is 9.08. The van der Waals surface area contributed by atoms with Crippen LogP contribution in [0.15, 0.2) is 30.3 Å². The van der Waals surface area contributed by atoms with Crippen LogP contribution in [0.25, 0.3) is 0 Å². The first-order valence-electron chi connectivity index (χ1n) is 6.40. The zero-order chi connectivity index (χ0) is 14.7. The molecule has 0 aliphatic rings. The van der Waals surface area contributed by atoms with E-state index in [1.807, 2.05) is 0 Å². The molecule has 2 aromatic rings. The summed E-state index contributed by atoms with van der Waals surface area (Å²) in [6, 6.07) is 11.4. The summed E-state index contributed by atoms with van der Waals surface area (Å²) in [5.41, 5.74) is 5.28. The van der Waals surface area contributed by atoms with Crippen LogP contribution in [0.5, 0.6) is 5.75 Å². The highest BCUT2D eigenvalue weighted by Crippen LogP contribution is 2.25. The summed E-state index contributed by atoms with van der Waals surface area (Å²) in [6.45, 7) is 6.66. The van der Waals surface area contributed by atoms with Gasteiger partial charge in [-0.25, -0.2) is 0 Å². The highest BCUT2D eigenvalue weighted by atomic mass is 35.5.